The van der Waals surface area contributed by atoms with Gasteiger partial charge in [0.1, 0.15) is 6.10 Å². The minimum absolute atomic E-state index is 0.0238. The van der Waals surface area contributed by atoms with E-state index in [4.69, 9.17) is 15.9 Å². The molecule has 0 saturated carbocycles. The van der Waals surface area contributed by atoms with Crippen LogP contribution in [0.4, 0.5) is 0 Å². The van der Waals surface area contributed by atoms with Crippen LogP contribution in [0.5, 0.6) is 0 Å². The molecule has 1 amide bonds. The number of nitrogens with one attached hydrogen (secondary N) is 1. The van der Waals surface area contributed by atoms with E-state index in [1.807, 2.05) is 32.6 Å². The summed E-state index contributed by atoms with van der Waals surface area (Å²) in [6.07, 6.45) is 4.51. The van der Waals surface area contributed by atoms with Gasteiger partial charge >= 0.3 is 0 Å². The molecule has 6 nitrogen and oxygen atoms in total. The molecule has 1 aliphatic heterocycles. The standard InChI is InChI=1S/C15H26N4O2.C2H6/c1-4-12(5-2)21-14(17)15(18-6-3)19-9-7-11(8-10-19)13(16)20;1-2/h6,11-12,17H,3-5,7-10H2,1-2H3,(H2,16,20);1-2H3. The largest absolute Gasteiger partial charge is 0.472 e. The van der Waals surface area contributed by atoms with Crippen molar-refractivity contribution in [2.45, 2.75) is 59.5 Å². The molecule has 23 heavy (non-hydrogen) atoms. The summed E-state index contributed by atoms with van der Waals surface area (Å²) in [5.41, 5.74) is 5.34. The average Bonchev–Trinajstić information content (AvgIpc) is 2.59. The predicted molar refractivity (Wildman–Crippen MR) is 95.7 cm³/mol. The van der Waals surface area contributed by atoms with Gasteiger partial charge < -0.3 is 15.4 Å². The van der Waals surface area contributed by atoms with E-state index in [1.165, 1.54) is 6.20 Å². The first-order chi connectivity index (χ1) is 11.0. The Hall–Kier alpha value is -1.85. The number of piperidine rings is 1. The summed E-state index contributed by atoms with van der Waals surface area (Å²) in [6, 6.07) is 0. The van der Waals surface area contributed by atoms with Crippen LogP contribution in [0.2, 0.25) is 0 Å². The van der Waals surface area contributed by atoms with E-state index in [-0.39, 0.29) is 23.8 Å². The van der Waals surface area contributed by atoms with Gasteiger partial charge in [-0.3, -0.25) is 10.2 Å². The topological polar surface area (TPSA) is 91.8 Å². The number of carbonyl (C=O) groups excluding carboxylic acids is 1. The van der Waals surface area contributed by atoms with Crippen molar-refractivity contribution < 1.29 is 9.53 Å². The van der Waals surface area contributed by atoms with Crippen LogP contribution in [0.15, 0.2) is 17.8 Å². The smallest absolute Gasteiger partial charge is 0.250 e. The maximum absolute atomic E-state index is 11.2. The fraction of sp³-hybridized carbons (Fsp3) is 0.706. The van der Waals surface area contributed by atoms with Gasteiger partial charge in [0.25, 0.3) is 0 Å². The molecule has 0 spiro atoms. The SMILES string of the molecule is C=CN=C(C(=N)OC(CC)CC)N1CCC(C(N)=O)CC1.CC. The molecular weight excluding hydrogens is 292 g/mol. The number of aliphatic imine (C=N–C) groups is 1. The molecule has 1 fully saturated rings. The van der Waals surface area contributed by atoms with Gasteiger partial charge in [-0.15, -0.1) is 0 Å². The predicted octanol–water partition coefficient (Wildman–Crippen LogP) is 2.93. The van der Waals surface area contributed by atoms with E-state index in [1.54, 1.807) is 0 Å². The Balaban J connectivity index is 0.00000232. The second-order valence-electron chi connectivity index (χ2n) is 5.18. The zero-order valence-corrected chi connectivity index (χ0v) is 15.0. The van der Waals surface area contributed by atoms with Crippen molar-refractivity contribution in [3.63, 3.8) is 0 Å². The highest BCUT2D eigenvalue weighted by Crippen LogP contribution is 2.18. The Kier molecular flexibility index (Phi) is 10.7. The molecular formula is C17H32N4O2. The third-order valence-electron chi connectivity index (χ3n) is 3.81. The number of rotatable bonds is 5. The second kappa shape index (κ2) is 11.7. The van der Waals surface area contributed by atoms with Crippen LogP contribution in [-0.2, 0) is 9.53 Å². The first kappa shape index (κ1) is 21.1. The minimum Gasteiger partial charge on any atom is -0.472 e. The summed E-state index contributed by atoms with van der Waals surface area (Å²) in [5, 5.41) is 8.12. The molecule has 0 unspecified atom stereocenters. The van der Waals surface area contributed by atoms with Gasteiger partial charge in [0, 0.05) is 25.2 Å². The fourth-order valence-corrected chi connectivity index (χ4v) is 2.42. The molecule has 0 aliphatic carbocycles. The van der Waals surface area contributed by atoms with Crippen LogP contribution in [0.3, 0.4) is 0 Å². The number of hydrogen-bond acceptors (Lipinski definition) is 4. The van der Waals surface area contributed by atoms with E-state index in [9.17, 15) is 4.79 Å². The van der Waals surface area contributed by atoms with E-state index >= 15 is 0 Å². The molecule has 0 aromatic heterocycles. The lowest BCUT2D eigenvalue weighted by Gasteiger charge is -2.33. The van der Waals surface area contributed by atoms with Crippen molar-refractivity contribution >= 4 is 17.6 Å². The van der Waals surface area contributed by atoms with Gasteiger partial charge in [-0.2, -0.15) is 0 Å². The quantitative estimate of drug-likeness (QED) is 0.601. The van der Waals surface area contributed by atoms with Gasteiger partial charge in [-0.25, -0.2) is 4.99 Å². The minimum atomic E-state index is -0.250. The van der Waals surface area contributed by atoms with Crippen LogP contribution in [0.1, 0.15) is 53.4 Å². The Morgan fingerprint density at radius 3 is 2.30 bits per heavy atom. The highest BCUT2D eigenvalue weighted by molar-refractivity contribution is 6.36. The first-order valence-corrected chi connectivity index (χ1v) is 8.51. The Morgan fingerprint density at radius 2 is 1.91 bits per heavy atom. The van der Waals surface area contributed by atoms with Crippen LogP contribution in [0, 0.1) is 11.3 Å². The summed E-state index contributed by atoms with van der Waals surface area (Å²) in [7, 11) is 0. The summed E-state index contributed by atoms with van der Waals surface area (Å²) in [5.74, 6) is 0.224. The van der Waals surface area contributed by atoms with E-state index in [0.717, 1.165) is 12.8 Å². The monoisotopic (exact) mass is 324 g/mol. The van der Waals surface area contributed by atoms with Crippen molar-refractivity contribution in [2.75, 3.05) is 13.1 Å². The molecule has 0 radical (unpaired) electrons. The Bertz CT molecular complexity index is 409. The lowest BCUT2D eigenvalue weighted by Crippen LogP contribution is -2.45. The summed E-state index contributed by atoms with van der Waals surface area (Å²) >= 11 is 0. The molecule has 0 atom stereocenters. The van der Waals surface area contributed by atoms with Crippen LogP contribution in [-0.4, -0.2) is 41.7 Å². The molecule has 1 aliphatic rings. The number of amides is 1. The van der Waals surface area contributed by atoms with Crippen molar-refractivity contribution in [2.24, 2.45) is 16.6 Å². The average molecular weight is 324 g/mol. The number of nitrogens with two attached hydrogens (primary N) is 1. The molecule has 1 heterocycles. The normalized spacial score (nSPS) is 15.7. The lowest BCUT2D eigenvalue weighted by molar-refractivity contribution is -0.122. The van der Waals surface area contributed by atoms with Crippen molar-refractivity contribution in [3.8, 4) is 0 Å². The van der Waals surface area contributed by atoms with Gasteiger partial charge in [-0.05, 0) is 25.7 Å². The van der Waals surface area contributed by atoms with Gasteiger partial charge in [-0.1, -0.05) is 34.3 Å². The highest BCUT2D eigenvalue weighted by Gasteiger charge is 2.27. The van der Waals surface area contributed by atoms with E-state index < -0.39 is 0 Å². The zero-order chi connectivity index (χ0) is 17.8. The van der Waals surface area contributed by atoms with E-state index in [2.05, 4.69) is 11.6 Å². The van der Waals surface area contributed by atoms with Gasteiger partial charge in [0.2, 0.25) is 11.8 Å². The number of hydrogen-bond donors (Lipinski definition) is 2. The molecule has 0 aromatic carbocycles. The molecule has 0 bridgehead atoms. The maximum atomic E-state index is 11.2. The van der Waals surface area contributed by atoms with E-state index in [0.29, 0.717) is 31.8 Å². The number of ether oxygens (including phenoxy) is 1. The highest BCUT2D eigenvalue weighted by atomic mass is 16.5. The van der Waals surface area contributed by atoms with Crippen molar-refractivity contribution in [1.29, 1.82) is 5.41 Å². The number of likely N-dealkylation sites (tertiary alicyclic amines) is 1. The molecule has 0 aromatic rings. The Labute approximate surface area is 140 Å². The Morgan fingerprint density at radius 1 is 1.39 bits per heavy atom. The third kappa shape index (κ3) is 6.84. The van der Waals surface area contributed by atoms with Crippen LogP contribution >= 0.6 is 0 Å². The maximum Gasteiger partial charge on any atom is 0.250 e. The lowest BCUT2D eigenvalue weighted by atomic mass is 9.96. The van der Waals surface area contributed by atoms with Gasteiger partial charge in [0.15, 0.2) is 5.84 Å². The molecule has 6 heteroatoms. The molecule has 1 saturated heterocycles. The first-order valence-electron chi connectivity index (χ1n) is 8.51. The fourth-order valence-electron chi connectivity index (χ4n) is 2.42. The van der Waals surface area contributed by atoms with Crippen molar-refractivity contribution in [3.05, 3.63) is 12.8 Å². The number of carbonyl (C=O) groups is 1. The van der Waals surface area contributed by atoms with Gasteiger partial charge in [0.05, 0.1) is 0 Å². The summed E-state index contributed by atoms with van der Waals surface area (Å²) in [6.45, 7) is 13.0. The summed E-state index contributed by atoms with van der Waals surface area (Å²) in [4.78, 5) is 17.3. The zero-order valence-electron chi connectivity index (χ0n) is 15.0. The molecule has 3 N–H and O–H groups in total. The number of nitrogens with zero attached hydrogens (tertiary/aromatic N) is 2. The number of primary amides is 1. The van der Waals surface area contributed by atoms with Crippen LogP contribution < -0.4 is 5.73 Å². The molecule has 1 rings (SSSR count). The molecule has 132 valence electrons. The second-order valence-corrected chi connectivity index (χ2v) is 5.18. The third-order valence-corrected chi connectivity index (χ3v) is 3.81. The summed E-state index contributed by atoms with van der Waals surface area (Å²) < 4.78 is 5.66. The van der Waals surface area contributed by atoms with Crippen LogP contribution in [0.25, 0.3) is 0 Å². The van der Waals surface area contributed by atoms with Crippen molar-refractivity contribution in [1.82, 2.24) is 4.90 Å². The number of amidine groups is 1.